The van der Waals surface area contributed by atoms with E-state index in [9.17, 15) is 9.59 Å². The first-order valence-electron chi connectivity index (χ1n) is 6.77. The standard InChI is InChI=1S/C15H16ClN3O3/c1-10(7-14(20)21)9-17-15(22)13-5-6-19(18-13)12-4-2-3-11(16)8-12/h2-6,8,10H,7,9H2,1H3,(H,17,22)(H,20,21). The van der Waals surface area contributed by atoms with Crippen LogP contribution in [0.15, 0.2) is 36.5 Å². The van der Waals surface area contributed by atoms with Crippen LogP contribution in [0.1, 0.15) is 23.8 Å². The van der Waals surface area contributed by atoms with Gasteiger partial charge in [-0.3, -0.25) is 9.59 Å². The molecule has 0 bridgehead atoms. The lowest BCUT2D eigenvalue weighted by Crippen LogP contribution is -2.29. The molecule has 1 heterocycles. The van der Waals surface area contributed by atoms with E-state index in [0.717, 1.165) is 5.69 Å². The second-order valence-electron chi connectivity index (χ2n) is 5.04. The highest BCUT2D eigenvalue weighted by atomic mass is 35.5. The van der Waals surface area contributed by atoms with Gasteiger partial charge in [0, 0.05) is 24.2 Å². The zero-order chi connectivity index (χ0) is 16.1. The summed E-state index contributed by atoms with van der Waals surface area (Å²) in [4.78, 5) is 22.6. The highest BCUT2D eigenvalue weighted by Crippen LogP contribution is 2.14. The van der Waals surface area contributed by atoms with Crippen molar-refractivity contribution in [1.29, 1.82) is 0 Å². The summed E-state index contributed by atoms with van der Waals surface area (Å²) in [7, 11) is 0. The first-order chi connectivity index (χ1) is 10.5. The fourth-order valence-corrected chi connectivity index (χ4v) is 2.12. The maximum absolute atomic E-state index is 12.0. The summed E-state index contributed by atoms with van der Waals surface area (Å²) in [5, 5.41) is 16.1. The number of carbonyl (C=O) groups excluding carboxylic acids is 1. The molecule has 6 nitrogen and oxygen atoms in total. The molecule has 116 valence electrons. The van der Waals surface area contributed by atoms with Crippen LogP contribution in [-0.2, 0) is 4.79 Å². The highest BCUT2D eigenvalue weighted by molar-refractivity contribution is 6.30. The van der Waals surface area contributed by atoms with Crippen LogP contribution in [0.4, 0.5) is 0 Å². The third-order valence-electron chi connectivity index (χ3n) is 3.03. The summed E-state index contributed by atoms with van der Waals surface area (Å²) in [6.45, 7) is 2.05. The molecule has 1 amide bonds. The molecule has 0 spiro atoms. The molecular formula is C15H16ClN3O3. The number of carboxylic acid groups (broad SMARTS) is 1. The molecular weight excluding hydrogens is 306 g/mol. The third-order valence-corrected chi connectivity index (χ3v) is 3.26. The van der Waals surface area contributed by atoms with E-state index in [-0.39, 0.29) is 30.5 Å². The number of aliphatic carboxylic acids is 1. The van der Waals surface area contributed by atoms with Gasteiger partial charge in [0.25, 0.3) is 5.91 Å². The summed E-state index contributed by atoms with van der Waals surface area (Å²) in [5.74, 6) is -1.36. The van der Waals surface area contributed by atoms with Crippen molar-refractivity contribution in [1.82, 2.24) is 15.1 Å². The highest BCUT2D eigenvalue weighted by Gasteiger charge is 2.13. The number of benzene rings is 1. The van der Waals surface area contributed by atoms with Crippen LogP contribution in [0.3, 0.4) is 0 Å². The molecule has 0 aliphatic rings. The molecule has 0 saturated heterocycles. The Labute approximate surface area is 132 Å². The minimum absolute atomic E-state index is 0.0111. The minimum Gasteiger partial charge on any atom is -0.481 e. The van der Waals surface area contributed by atoms with Gasteiger partial charge in [0.05, 0.1) is 5.69 Å². The molecule has 1 unspecified atom stereocenters. The molecule has 2 aromatic rings. The van der Waals surface area contributed by atoms with Crippen molar-refractivity contribution in [2.45, 2.75) is 13.3 Å². The maximum atomic E-state index is 12.0. The SMILES string of the molecule is CC(CNC(=O)c1ccn(-c2cccc(Cl)c2)n1)CC(=O)O. The summed E-state index contributed by atoms with van der Waals surface area (Å²) in [5.41, 5.74) is 1.02. The Morgan fingerprint density at radius 2 is 2.18 bits per heavy atom. The Kier molecular flexibility index (Phi) is 5.16. The van der Waals surface area contributed by atoms with Crippen molar-refractivity contribution in [3.8, 4) is 5.69 Å². The van der Waals surface area contributed by atoms with Crippen molar-refractivity contribution < 1.29 is 14.7 Å². The van der Waals surface area contributed by atoms with E-state index in [4.69, 9.17) is 16.7 Å². The second kappa shape index (κ2) is 7.09. The first-order valence-corrected chi connectivity index (χ1v) is 7.15. The smallest absolute Gasteiger partial charge is 0.303 e. The summed E-state index contributed by atoms with van der Waals surface area (Å²) in [6.07, 6.45) is 1.68. The predicted octanol–water partition coefficient (Wildman–Crippen LogP) is 2.37. The number of carbonyl (C=O) groups is 2. The molecule has 22 heavy (non-hydrogen) atoms. The van der Waals surface area contributed by atoms with E-state index in [1.165, 1.54) is 0 Å². The molecule has 0 fully saturated rings. The number of nitrogens with zero attached hydrogens (tertiary/aromatic N) is 2. The molecule has 0 radical (unpaired) electrons. The number of carboxylic acids is 1. The zero-order valence-corrected chi connectivity index (χ0v) is 12.7. The van der Waals surface area contributed by atoms with Crippen molar-refractivity contribution >= 4 is 23.5 Å². The van der Waals surface area contributed by atoms with Crippen LogP contribution in [0.25, 0.3) is 5.69 Å². The third kappa shape index (κ3) is 4.33. The van der Waals surface area contributed by atoms with Crippen LogP contribution in [-0.4, -0.2) is 33.3 Å². The molecule has 7 heteroatoms. The number of hydrogen-bond donors (Lipinski definition) is 2. The Balaban J connectivity index is 1.99. The Bertz CT molecular complexity index is 684. The second-order valence-corrected chi connectivity index (χ2v) is 5.47. The fourth-order valence-electron chi connectivity index (χ4n) is 1.94. The van der Waals surface area contributed by atoms with E-state index in [1.807, 2.05) is 6.07 Å². The lowest BCUT2D eigenvalue weighted by Gasteiger charge is -2.09. The Hall–Kier alpha value is -2.34. The topological polar surface area (TPSA) is 84.2 Å². The van der Waals surface area contributed by atoms with Crippen molar-refractivity contribution in [3.63, 3.8) is 0 Å². The number of nitrogens with one attached hydrogen (secondary N) is 1. The van der Waals surface area contributed by atoms with Gasteiger partial charge in [-0.1, -0.05) is 24.6 Å². The van der Waals surface area contributed by atoms with E-state index in [1.54, 1.807) is 42.1 Å². The van der Waals surface area contributed by atoms with Gasteiger partial charge in [0.1, 0.15) is 0 Å². The fraction of sp³-hybridized carbons (Fsp3) is 0.267. The molecule has 1 aromatic carbocycles. The Morgan fingerprint density at radius 1 is 1.41 bits per heavy atom. The number of halogens is 1. The normalized spacial score (nSPS) is 11.9. The molecule has 0 aliphatic heterocycles. The van der Waals surface area contributed by atoms with Gasteiger partial charge in [-0.25, -0.2) is 4.68 Å². The van der Waals surface area contributed by atoms with Crippen LogP contribution in [0, 0.1) is 5.92 Å². The predicted molar refractivity (Wildman–Crippen MR) is 82.3 cm³/mol. The number of hydrogen-bond acceptors (Lipinski definition) is 3. The number of rotatable bonds is 6. The average molecular weight is 322 g/mol. The first kappa shape index (κ1) is 16.0. The number of aromatic nitrogens is 2. The number of amides is 1. The van der Waals surface area contributed by atoms with Crippen LogP contribution in [0.5, 0.6) is 0 Å². The van der Waals surface area contributed by atoms with Gasteiger partial charge in [-0.15, -0.1) is 0 Å². The van der Waals surface area contributed by atoms with E-state index in [2.05, 4.69) is 10.4 Å². The lowest BCUT2D eigenvalue weighted by atomic mass is 10.1. The quantitative estimate of drug-likeness (QED) is 0.855. The average Bonchev–Trinajstić information content (AvgIpc) is 2.94. The maximum Gasteiger partial charge on any atom is 0.303 e. The van der Waals surface area contributed by atoms with Crippen molar-refractivity contribution in [3.05, 3.63) is 47.2 Å². The molecule has 1 atom stereocenters. The Morgan fingerprint density at radius 3 is 2.86 bits per heavy atom. The largest absolute Gasteiger partial charge is 0.481 e. The van der Waals surface area contributed by atoms with Gasteiger partial charge >= 0.3 is 5.97 Å². The van der Waals surface area contributed by atoms with E-state index < -0.39 is 5.97 Å². The summed E-state index contributed by atoms with van der Waals surface area (Å²) < 4.78 is 1.56. The van der Waals surface area contributed by atoms with Crippen LogP contribution < -0.4 is 5.32 Å². The monoisotopic (exact) mass is 321 g/mol. The van der Waals surface area contributed by atoms with Gasteiger partial charge in [-0.2, -0.15) is 5.10 Å². The summed E-state index contributed by atoms with van der Waals surface area (Å²) >= 11 is 5.92. The molecule has 2 N–H and O–H groups in total. The van der Waals surface area contributed by atoms with Gasteiger partial charge in [0.15, 0.2) is 5.69 Å². The molecule has 1 aromatic heterocycles. The van der Waals surface area contributed by atoms with Crippen LogP contribution in [0.2, 0.25) is 5.02 Å². The molecule has 2 rings (SSSR count). The van der Waals surface area contributed by atoms with E-state index in [0.29, 0.717) is 5.02 Å². The van der Waals surface area contributed by atoms with Gasteiger partial charge in [0.2, 0.25) is 0 Å². The summed E-state index contributed by atoms with van der Waals surface area (Å²) in [6, 6.07) is 8.72. The van der Waals surface area contributed by atoms with Crippen molar-refractivity contribution in [2.75, 3.05) is 6.54 Å². The van der Waals surface area contributed by atoms with Crippen LogP contribution >= 0.6 is 11.6 Å². The van der Waals surface area contributed by atoms with E-state index >= 15 is 0 Å². The molecule has 0 aliphatic carbocycles. The van der Waals surface area contributed by atoms with Gasteiger partial charge in [-0.05, 0) is 30.2 Å². The molecule has 0 saturated carbocycles. The zero-order valence-electron chi connectivity index (χ0n) is 12.0. The minimum atomic E-state index is -0.882. The van der Waals surface area contributed by atoms with Crippen molar-refractivity contribution in [2.24, 2.45) is 5.92 Å². The van der Waals surface area contributed by atoms with Gasteiger partial charge < -0.3 is 10.4 Å². The lowest BCUT2D eigenvalue weighted by molar-refractivity contribution is -0.137.